The molecule has 1 saturated heterocycles. The smallest absolute Gasteiger partial charge is 0.332 e. The van der Waals surface area contributed by atoms with Crippen molar-refractivity contribution in [1.82, 2.24) is 0 Å². The van der Waals surface area contributed by atoms with Crippen LogP contribution in [0.15, 0.2) is 24.3 Å². The maximum Gasteiger partial charge on any atom is 0.332 e. The molecule has 1 amide bonds. The fourth-order valence-electron chi connectivity index (χ4n) is 2.49. The lowest BCUT2D eigenvalue weighted by molar-refractivity contribution is -0.151. The lowest BCUT2D eigenvalue weighted by Crippen LogP contribution is -2.40. The maximum absolute atomic E-state index is 12.5. The number of likely N-dealkylation sites (N-methyl/N-ethyl adjacent to an activating group) is 1. The van der Waals surface area contributed by atoms with Crippen molar-refractivity contribution in [2.24, 2.45) is 0 Å². The highest BCUT2D eigenvalue weighted by Gasteiger charge is 2.37. The molecule has 0 spiro atoms. The van der Waals surface area contributed by atoms with Gasteiger partial charge in [0.2, 0.25) is 0 Å². The number of anilines is 1. The Morgan fingerprint density at radius 1 is 1.30 bits per heavy atom. The minimum Gasteiger partial charge on any atom is -0.479 e. The largest absolute Gasteiger partial charge is 0.479 e. The van der Waals surface area contributed by atoms with E-state index in [1.165, 1.54) is 0 Å². The van der Waals surface area contributed by atoms with Gasteiger partial charge in [0, 0.05) is 12.2 Å². The number of carboxylic acids is 1. The van der Waals surface area contributed by atoms with E-state index < -0.39 is 18.2 Å². The summed E-state index contributed by atoms with van der Waals surface area (Å²) >= 11 is 0. The second-order valence-electron chi connectivity index (χ2n) is 4.90. The van der Waals surface area contributed by atoms with Crippen molar-refractivity contribution in [3.8, 4) is 0 Å². The van der Waals surface area contributed by atoms with Gasteiger partial charge in [-0.1, -0.05) is 18.2 Å². The lowest BCUT2D eigenvalue weighted by atomic mass is 10.1. The normalized spacial score (nSPS) is 21.7. The molecule has 1 aliphatic heterocycles. The first-order valence-corrected chi connectivity index (χ1v) is 6.80. The van der Waals surface area contributed by atoms with Crippen LogP contribution < -0.4 is 4.90 Å². The van der Waals surface area contributed by atoms with Gasteiger partial charge in [-0.3, -0.25) is 4.79 Å². The van der Waals surface area contributed by atoms with Crippen LogP contribution in [-0.2, 0) is 14.3 Å². The minimum atomic E-state index is -1.00. The number of amides is 1. The zero-order valence-corrected chi connectivity index (χ0v) is 11.7. The Balaban J connectivity index is 2.15. The molecule has 1 aliphatic rings. The first-order chi connectivity index (χ1) is 9.54. The van der Waals surface area contributed by atoms with Crippen molar-refractivity contribution in [3.05, 3.63) is 29.8 Å². The van der Waals surface area contributed by atoms with Crippen LogP contribution >= 0.6 is 0 Å². The van der Waals surface area contributed by atoms with Crippen molar-refractivity contribution < 1.29 is 19.4 Å². The number of carbonyl (C=O) groups excluding carboxylic acids is 1. The Morgan fingerprint density at radius 2 is 1.95 bits per heavy atom. The Bertz CT molecular complexity index is 514. The number of para-hydroxylation sites is 1. The maximum atomic E-state index is 12.5. The van der Waals surface area contributed by atoms with Crippen molar-refractivity contribution in [2.45, 2.75) is 38.9 Å². The summed E-state index contributed by atoms with van der Waals surface area (Å²) in [6, 6.07) is 7.64. The lowest BCUT2D eigenvalue weighted by Gasteiger charge is -2.25. The third-order valence-electron chi connectivity index (χ3n) is 3.56. The van der Waals surface area contributed by atoms with Gasteiger partial charge in [0.25, 0.3) is 5.91 Å². The second kappa shape index (κ2) is 6.05. The van der Waals surface area contributed by atoms with Crippen molar-refractivity contribution in [3.63, 3.8) is 0 Å². The van der Waals surface area contributed by atoms with Crippen LogP contribution in [0.2, 0.25) is 0 Å². The standard InChI is InChI=1S/C15H19NO4/c1-3-16(11-7-5-4-6-10(11)2)14(17)12-8-9-13(20-12)15(18)19/h4-7,12-13H,3,8-9H2,1-2H3,(H,18,19). The molecular formula is C15H19NO4. The van der Waals surface area contributed by atoms with E-state index in [9.17, 15) is 9.59 Å². The second-order valence-corrected chi connectivity index (χ2v) is 4.90. The van der Waals surface area contributed by atoms with Crippen molar-refractivity contribution in [1.29, 1.82) is 0 Å². The quantitative estimate of drug-likeness (QED) is 0.913. The van der Waals surface area contributed by atoms with Crippen molar-refractivity contribution in [2.75, 3.05) is 11.4 Å². The number of benzene rings is 1. The first kappa shape index (κ1) is 14.5. The average Bonchev–Trinajstić information content (AvgIpc) is 2.91. The SMILES string of the molecule is CCN(C(=O)C1CCC(C(=O)O)O1)c1ccccc1C. The van der Waals surface area contributed by atoms with E-state index in [2.05, 4.69) is 0 Å². The van der Waals surface area contributed by atoms with Gasteiger partial charge in [-0.2, -0.15) is 0 Å². The number of ether oxygens (including phenoxy) is 1. The summed E-state index contributed by atoms with van der Waals surface area (Å²) in [6.07, 6.45) is -0.676. The topological polar surface area (TPSA) is 66.8 Å². The highest BCUT2D eigenvalue weighted by atomic mass is 16.5. The summed E-state index contributed by atoms with van der Waals surface area (Å²) in [6.45, 7) is 4.37. The summed E-state index contributed by atoms with van der Waals surface area (Å²) < 4.78 is 5.34. The molecule has 0 bridgehead atoms. The van der Waals surface area contributed by atoms with Crippen LogP contribution in [0, 0.1) is 6.92 Å². The molecule has 1 aromatic carbocycles. The van der Waals surface area contributed by atoms with E-state index >= 15 is 0 Å². The van der Waals surface area contributed by atoms with Crippen LogP contribution in [0.1, 0.15) is 25.3 Å². The van der Waals surface area contributed by atoms with Gasteiger partial charge in [-0.15, -0.1) is 0 Å². The Kier molecular flexibility index (Phi) is 4.39. The molecule has 2 rings (SSSR count). The number of rotatable bonds is 4. The molecule has 0 saturated carbocycles. The molecule has 0 aliphatic carbocycles. The third-order valence-corrected chi connectivity index (χ3v) is 3.56. The zero-order chi connectivity index (χ0) is 14.7. The molecule has 1 N–H and O–H groups in total. The number of hydrogen-bond acceptors (Lipinski definition) is 3. The van der Waals surface area contributed by atoms with E-state index in [4.69, 9.17) is 9.84 Å². The Labute approximate surface area is 118 Å². The van der Waals surface area contributed by atoms with Crippen LogP contribution in [0.3, 0.4) is 0 Å². The van der Waals surface area contributed by atoms with Gasteiger partial charge >= 0.3 is 5.97 Å². The van der Waals surface area contributed by atoms with E-state index in [1.54, 1.807) is 4.90 Å². The Hall–Kier alpha value is -1.88. The van der Waals surface area contributed by atoms with Crippen molar-refractivity contribution >= 4 is 17.6 Å². The number of aliphatic carboxylic acids is 1. The molecule has 2 atom stereocenters. The van der Waals surface area contributed by atoms with Gasteiger partial charge < -0.3 is 14.7 Å². The summed E-state index contributed by atoms with van der Waals surface area (Å²) in [4.78, 5) is 25.0. The summed E-state index contributed by atoms with van der Waals surface area (Å²) in [7, 11) is 0. The van der Waals surface area contributed by atoms with Crippen LogP contribution in [-0.4, -0.2) is 35.7 Å². The van der Waals surface area contributed by atoms with E-state index in [0.29, 0.717) is 19.4 Å². The number of carbonyl (C=O) groups is 2. The first-order valence-electron chi connectivity index (χ1n) is 6.80. The molecule has 5 nitrogen and oxygen atoms in total. The fraction of sp³-hybridized carbons (Fsp3) is 0.467. The molecule has 5 heteroatoms. The fourth-order valence-corrected chi connectivity index (χ4v) is 2.49. The van der Waals surface area contributed by atoms with Crippen LogP contribution in [0.4, 0.5) is 5.69 Å². The molecule has 108 valence electrons. The predicted octanol–water partition coefficient (Wildman–Crippen LogP) is 1.98. The number of nitrogens with zero attached hydrogens (tertiary/aromatic N) is 1. The number of carboxylic acid groups (broad SMARTS) is 1. The minimum absolute atomic E-state index is 0.162. The molecule has 2 unspecified atom stereocenters. The predicted molar refractivity (Wildman–Crippen MR) is 74.7 cm³/mol. The molecule has 1 aromatic rings. The van der Waals surface area contributed by atoms with E-state index in [1.807, 2.05) is 38.1 Å². The van der Waals surface area contributed by atoms with Gasteiger partial charge in [0.1, 0.15) is 6.10 Å². The molecular weight excluding hydrogens is 258 g/mol. The average molecular weight is 277 g/mol. The van der Waals surface area contributed by atoms with E-state index in [0.717, 1.165) is 11.3 Å². The molecule has 20 heavy (non-hydrogen) atoms. The number of aryl methyl sites for hydroxylation is 1. The summed E-state index contributed by atoms with van der Waals surface area (Å²) in [5.74, 6) is -1.16. The van der Waals surface area contributed by atoms with Gasteiger partial charge in [-0.25, -0.2) is 4.79 Å². The van der Waals surface area contributed by atoms with Gasteiger partial charge in [0.15, 0.2) is 6.10 Å². The molecule has 0 radical (unpaired) electrons. The monoisotopic (exact) mass is 277 g/mol. The highest BCUT2D eigenvalue weighted by molar-refractivity contribution is 5.97. The molecule has 0 aromatic heterocycles. The number of hydrogen-bond donors (Lipinski definition) is 1. The summed E-state index contributed by atoms with van der Waals surface area (Å²) in [5, 5.41) is 8.92. The summed E-state index contributed by atoms with van der Waals surface area (Å²) in [5.41, 5.74) is 1.86. The van der Waals surface area contributed by atoms with E-state index in [-0.39, 0.29) is 5.91 Å². The van der Waals surface area contributed by atoms with Crippen LogP contribution in [0.5, 0.6) is 0 Å². The highest BCUT2D eigenvalue weighted by Crippen LogP contribution is 2.26. The van der Waals surface area contributed by atoms with Gasteiger partial charge in [-0.05, 0) is 38.3 Å². The zero-order valence-electron chi connectivity index (χ0n) is 11.7. The molecule has 1 fully saturated rings. The van der Waals surface area contributed by atoms with Crippen LogP contribution in [0.25, 0.3) is 0 Å². The molecule has 1 heterocycles. The Morgan fingerprint density at radius 3 is 2.50 bits per heavy atom. The van der Waals surface area contributed by atoms with Gasteiger partial charge in [0.05, 0.1) is 0 Å². The third kappa shape index (κ3) is 2.82.